The van der Waals surface area contributed by atoms with Crippen molar-refractivity contribution < 1.29 is 29.0 Å². The van der Waals surface area contributed by atoms with E-state index in [4.69, 9.17) is 9.47 Å². The molecule has 2 rings (SSSR count). The van der Waals surface area contributed by atoms with Crippen LogP contribution in [0.3, 0.4) is 0 Å². The first kappa shape index (κ1) is 36.3. The van der Waals surface area contributed by atoms with E-state index in [1.54, 1.807) is 42.0 Å². The fourth-order valence-corrected chi connectivity index (χ4v) is 4.95. The monoisotopic (exact) mass is 605 g/mol. The van der Waals surface area contributed by atoms with Gasteiger partial charge in [0.1, 0.15) is 5.75 Å². The van der Waals surface area contributed by atoms with Crippen LogP contribution in [0.15, 0.2) is 18.2 Å². The van der Waals surface area contributed by atoms with Gasteiger partial charge in [-0.15, -0.1) is 0 Å². The zero-order valence-electron chi connectivity index (χ0n) is 27.5. The van der Waals surface area contributed by atoms with Crippen molar-refractivity contribution in [1.29, 1.82) is 0 Å². The summed E-state index contributed by atoms with van der Waals surface area (Å²) in [6, 6.07) is 4.51. The number of hydrogen-bond donors (Lipinski definition) is 3. The van der Waals surface area contributed by atoms with Gasteiger partial charge in [0.15, 0.2) is 0 Å². The summed E-state index contributed by atoms with van der Waals surface area (Å²) < 4.78 is 12.6. The number of rotatable bonds is 10. The normalized spacial score (nSPS) is 21.0. The molecule has 1 aliphatic rings. The number of anilines is 1. The van der Waals surface area contributed by atoms with Gasteiger partial charge in [0.05, 0.1) is 30.4 Å². The van der Waals surface area contributed by atoms with Gasteiger partial charge < -0.3 is 39.9 Å². The zero-order chi connectivity index (χ0) is 32.1. The fraction of sp³-hybridized carbons (Fsp3) is 0.719. The van der Waals surface area contributed by atoms with Crippen LogP contribution < -0.4 is 15.4 Å². The summed E-state index contributed by atoms with van der Waals surface area (Å²) in [5.74, 6) is -0.135. The van der Waals surface area contributed by atoms with Gasteiger partial charge in [-0.25, -0.2) is 4.79 Å². The number of nitrogens with zero attached hydrogens (tertiary/aromatic N) is 3. The van der Waals surface area contributed by atoms with E-state index in [1.165, 1.54) is 0 Å². The Kier molecular flexibility index (Phi) is 15.2. The predicted molar refractivity (Wildman–Crippen MR) is 170 cm³/mol. The largest absolute Gasteiger partial charge is 0.490 e. The van der Waals surface area contributed by atoms with Gasteiger partial charge in [0, 0.05) is 50.8 Å². The van der Waals surface area contributed by atoms with Crippen molar-refractivity contribution in [2.45, 2.75) is 91.0 Å². The molecule has 4 atom stereocenters. The molecule has 11 nitrogen and oxygen atoms in total. The highest BCUT2D eigenvalue weighted by Crippen LogP contribution is 2.28. The van der Waals surface area contributed by atoms with Crippen molar-refractivity contribution in [3.05, 3.63) is 23.8 Å². The summed E-state index contributed by atoms with van der Waals surface area (Å²) in [5, 5.41) is 16.0. The summed E-state index contributed by atoms with van der Waals surface area (Å²) in [5.41, 5.74) is 0.844. The summed E-state index contributed by atoms with van der Waals surface area (Å²) in [4.78, 5) is 44.8. The molecule has 0 saturated heterocycles. The van der Waals surface area contributed by atoms with E-state index >= 15 is 0 Å². The Morgan fingerprint density at radius 3 is 2.51 bits per heavy atom. The van der Waals surface area contributed by atoms with E-state index in [0.29, 0.717) is 43.1 Å². The third kappa shape index (κ3) is 12.3. The summed E-state index contributed by atoms with van der Waals surface area (Å²) >= 11 is 0. The number of hydrogen-bond acceptors (Lipinski definition) is 7. The van der Waals surface area contributed by atoms with Crippen LogP contribution in [0.5, 0.6) is 5.75 Å². The Bertz CT molecular complexity index is 1040. The quantitative estimate of drug-likeness (QED) is 0.371. The predicted octanol–water partition coefficient (Wildman–Crippen LogP) is 3.81. The van der Waals surface area contributed by atoms with Gasteiger partial charge in [0.2, 0.25) is 5.91 Å². The van der Waals surface area contributed by atoms with Crippen LogP contribution >= 0.6 is 0 Å². The third-order valence-corrected chi connectivity index (χ3v) is 7.56. The van der Waals surface area contributed by atoms with Gasteiger partial charge in [-0.3, -0.25) is 9.59 Å². The maximum atomic E-state index is 14.2. The van der Waals surface area contributed by atoms with Crippen molar-refractivity contribution in [2.75, 3.05) is 59.3 Å². The third-order valence-electron chi connectivity index (χ3n) is 7.56. The lowest BCUT2D eigenvalue weighted by atomic mass is 10.0. The molecule has 1 aromatic carbocycles. The zero-order valence-corrected chi connectivity index (χ0v) is 27.5. The molecule has 4 amide bonds. The average molecular weight is 606 g/mol. The second-order valence-electron chi connectivity index (χ2n) is 12.5. The minimum atomic E-state index is -0.486. The molecule has 0 fully saturated rings. The van der Waals surface area contributed by atoms with Gasteiger partial charge in [-0.1, -0.05) is 6.92 Å². The molecule has 0 aliphatic carbocycles. The van der Waals surface area contributed by atoms with Crippen molar-refractivity contribution in [3.63, 3.8) is 0 Å². The summed E-state index contributed by atoms with van der Waals surface area (Å²) in [6.07, 6.45) is 3.10. The topological polar surface area (TPSA) is 124 Å². The Balaban J connectivity index is 2.39. The van der Waals surface area contributed by atoms with E-state index in [9.17, 15) is 19.5 Å². The second-order valence-corrected chi connectivity index (χ2v) is 12.5. The first-order valence-corrected chi connectivity index (χ1v) is 15.6. The number of urea groups is 1. The lowest BCUT2D eigenvalue weighted by Gasteiger charge is -2.36. The molecule has 3 N–H and O–H groups in total. The molecule has 1 aromatic rings. The number of carbonyl (C=O) groups is 3. The highest BCUT2D eigenvalue weighted by atomic mass is 16.5. The van der Waals surface area contributed by atoms with E-state index in [0.717, 1.165) is 32.2 Å². The van der Waals surface area contributed by atoms with Crippen LogP contribution in [0.2, 0.25) is 0 Å². The van der Waals surface area contributed by atoms with Crippen LogP contribution in [0, 0.1) is 5.92 Å². The van der Waals surface area contributed by atoms with Crippen LogP contribution in [0.4, 0.5) is 10.5 Å². The number of carbonyl (C=O) groups excluding carboxylic acids is 3. The van der Waals surface area contributed by atoms with Crippen LogP contribution in [0.1, 0.15) is 77.1 Å². The average Bonchev–Trinajstić information content (AvgIpc) is 2.93. The molecule has 0 bridgehead atoms. The van der Waals surface area contributed by atoms with Crippen molar-refractivity contribution in [3.8, 4) is 5.75 Å². The Morgan fingerprint density at radius 1 is 1.14 bits per heavy atom. The molecule has 43 heavy (non-hydrogen) atoms. The van der Waals surface area contributed by atoms with Gasteiger partial charge in [0.25, 0.3) is 5.91 Å². The van der Waals surface area contributed by atoms with Crippen molar-refractivity contribution >= 4 is 23.5 Å². The van der Waals surface area contributed by atoms with Crippen LogP contribution in [-0.4, -0.2) is 116 Å². The minimum Gasteiger partial charge on any atom is -0.490 e. The van der Waals surface area contributed by atoms with Crippen LogP contribution in [-0.2, 0) is 9.53 Å². The number of fused-ring (bicyclic) bond motifs is 1. The Labute approximate surface area is 258 Å². The molecule has 1 heterocycles. The van der Waals surface area contributed by atoms with Crippen molar-refractivity contribution in [2.24, 2.45) is 5.92 Å². The highest BCUT2D eigenvalue weighted by molar-refractivity contribution is 5.99. The maximum absolute atomic E-state index is 14.2. The Hall–Kier alpha value is -2.89. The fourth-order valence-electron chi connectivity index (χ4n) is 4.95. The molecular weight excluding hydrogens is 550 g/mol. The standard InChI is InChI=1S/C32H55N5O6/c1-22(2)33-32(41)36(8)20-29-23(3)19-37(24(4)21-38)31(40)27-18-26(34-30(39)13-11-16-35(6)7)14-15-28(27)43-25(5)12-9-10-17-42-29/h14-15,18,22-25,29,38H,9-13,16-17,19-21H2,1-8H3,(H,33,41)(H,34,39)/t23-,24+,25-,29-/m0/s1. The summed E-state index contributed by atoms with van der Waals surface area (Å²) in [7, 11) is 5.67. The van der Waals surface area contributed by atoms with E-state index in [-0.39, 0.29) is 48.6 Å². The molecule has 11 heteroatoms. The van der Waals surface area contributed by atoms with Gasteiger partial charge in [-0.2, -0.15) is 0 Å². The van der Waals surface area contributed by atoms with Gasteiger partial charge >= 0.3 is 6.03 Å². The molecule has 0 spiro atoms. The second kappa shape index (κ2) is 18.0. The molecule has 0 saturated carbocycles. The molecule has 0 aromatic heterocycles. The molecule has 1 aliphatic heterocycles. The number of aliphatic hydroxyl groups excluding tert-OH is 1. The lowest BCUT2D eigenvalue weighted by molar-refractivity contribution is -0.116. The minimum absolute atomic E-state index is 0.00722. The molecule has 244 valence electrons. The van der Waals surface area contributed by atoms with Crippen molar-refractivity contribution in [1.82, 2.24) is 20.0 Å². The first-order chi connectivity index (χ1) is 20.3. The SMILES string of the molecule is CC(C)NC(=O)N(C)C[C@@H]1OCCCC[C@H](C)Oc2ccc(NC(=O)CCCN(C)C)cc2C(=O)N([C@H](C)CO)C[C@@H]1C. The number of nitrogens with one attached hydrogen (secondary N) is 2. The number of ether oxygens (including phenoxy) is 2. The van der Waals surface area contributed by atoms with Crippen LogP contribution in [0.25, 0.3) is 0 Å². The van der Waals surface area contributed by atoms with E-state index in [2.05, 4.69) is 10.6 Å². The van der Waals surface area contributed by atoms with E-state index in [1.807, 2.05) is 46.7 Å². The number of amides is 4. The molecule has 0 unspecified atom stereocenters. The van der Waals surface area contributed by atoms with Gasteiger partial charge in [-0.05, 0) is 92.2 Å². The molecular formula is C32H55N5O6. The number of benzene rings is 1. The Morgan fingerprint density at radius 2 is 1.86 bits per heavy atom. The number of aliphatic hydroxyl groups is 1. The number of likely N-dealkylation sites (N-methyl/N-ethyl adjacent to an activating group) is 1. The molecule has 0 radical (unpaired) electrons. The maximum Gasteiger partial charge on any atom is 0.317 e. The smallest absolute Gasteiger partial charge is 0.317 e. The lowest BCUT2D eigenvalue weighted by Crippen LogP contribution is -2.49. The van der Waals surface area contributed by atoms with E-state index < -0.39 is 6.04 Å². The highest BCUT2D eigenvalue weighted by Gasteiger charge is 2.31. The first-order valence-electron chi connectivity index (χ1n) is 15.6. The summed E-state index contributed by atoms with van der Waals surface area (Å²) in [6.45, 7) is 11.3.